The number of anilines is 1. The molecule has 0 spiro atoms. The average molecular weight is 680 g/mol. The minimum Gasteiger partial charge on any atom is -0.490 e. The van der Waals surface area contributed by atoms with Crippen LogP contribution in [0.3, 0.4) is 0 Å². The predicted molar refractivity (Wildman–Crippen MR) is 187 cm³/mol. The zero-order chi connectivity index (χ0) is 34.8. The molecule has 0 aromatic heterocycles. The summed E-state index contributed by atoms with van der Waals surface area (Å²) in [7, 11) is -2.24. The highest BCUT2D eigenvalue weighted by atomic mass is 32.2. The van der Waals surface area contributed by atoms with E-state index in [4.69, 9.17) is 9.47 Å². The van der Waals surface area contributed by atoms with Crippen LogP contribution in [0, 0.1) is 12.8 Å². The Morgan fingerprint density at radius 1 is 1.06 bits per heavy atom. The number of ether oxygens (including phenoxy) is 2. The monoisotopic (exact) mass is 679 g/mol. The summed E-state index contributed by atoms with van der Waals surface area (Å²) in [6, 6.07) is 20.6. The molecule has 260 valence electrons. The van der Waals surface area contributed by atoms with Crippen LogP contribution >= 0.6 is 0 Å². The van der Waals surface area contributed by atoms with Crippen LogP contribution in [0.1, 0.15) is 61.5 Å². The Balaban J connectivity index is 1.62. The number of carbonyl (C=O) groups is 2. The lowest BCUT2D eigenvalue weighted by Crippen LogP contribution is -2.48. The molecule has 0 saturated carbocycles. The largest absolute Gasteiger partial charge is 0.490 e. The van der Waals surface area contributed by atoms with E-state index < -0.39 is 22.2 Å². The van der Waals surface area contributed by atoms with Gasteiger partial charge >= 0.3 is 0 Å². The lowest BCUT2D eigenvalue weighted by atomic mass is 10.0. The third-order valence-electron chi connectivity index (χ3n) is 8.71. The normalized spacial score (nSPS) is 20.4. The average Bonchev–Trinajstić information content (AvgIpc) is 3.06. The van der Waals surface area contributed by atoms with Crippen LogP contribution in [0.2, 0.25) is 0 Å². The number of likely N-dealkylation sites (N-methyl/N-ethyl adjacent to an activating group) is 1. The van der Waals surface area contributed by atoms with Gasteiger partial charge in [-0.05, 0) is 75.9 Å². The van der Waals surface area contributed by atoms with Crippen molar-refractivity contribution < 1.29 is 32.6 Å². The fourth-order valence-corrected chi connectivity index (χ4v) is 6.87. The number of hydrogen-bond donors (Lipinski definition) is 2. The fraction of sp³-hybridized carbons (Fsp3) is 0.459. The molecule has 1 aliphatic rings. The van der Waals surface area contributed by atoms with E-state index >= 15 is 0 Å². The molecular formula is C37H49N3O7S. The van der Waals surface area contributed by atoms with Crippen molar-refractivity contribution in [2.75, 3.05) is 38.7 Å². The van der Waals surface area contributed by atoms with Crippen molar-refractivity contribution in [2.45, 2.75) is 76.5 Å². The lowest BCUT2D eigenvalue weighted by Gasteiger charge is -2.35. The molecule has 0 radical (unpaired) electrons. The second-order valence-corrected chi connectivity index (χ2v) is 14.9. The molecule has 1 aliphatic heterocycles. The number of fused-ring (bicyclic) bond motifs is 1. The first-order chi connectivity index (χ1) is 22.9. The summed E-state index contributed by atoms with van der Waals surface area (Å²) in [5, 5.41) is 13.1. The molecule has 4 atom stereocenters. The number of aryl methyl sites for hydroxylation is 1. The van der Waals surface area contributed by atoms with Crippen molar-refractivity contribution in [1.29, 1.82) is 0 Å². The first kappa shape index (κ1) is 37.1. The summed E-state index contributed by atoms with van der Waals surface area (Å²) >= 11 is 0. The number of aliphatic hydroxyl groups is 1. The molecule has 0 saturated heterocycles. The van der Waals surface area contributed by atoms with Crippen molar-refractivity contribution in [3.63, 3.8) is 0 Å². The van der Waals surface area contributed by atoms with Crippen molar-refractivity contribution in [2.24, 2.45) is 5.92 Å². The van der Waals surface area contributed by atoms with Gasteiger partial charge in [-0.2, -0.15) is 4.31 Å². The molecule has 11 heteroatoms. The molecule has 0 bridgehead atoms. The van der Waals surface area contributed by atoms with Crippen molar-refractivity contribution in [3.8, 4) is 5.75 Å². The van der Waals surface area contributed by atoms with E-state index in [1.807, 2.05) is 51.1 Å². The number of benzene rings is 3. The summed E-state index contributed by atoms with van der Waals surface area (Å²) in [4.78, 5) is 29.0. The van der Waals surface area contributed by atoms with Gasteiger partial charge in [-0.15, -0.1) is 0 Å². The van der Waals surface area contributed by atoms with Crippen molar-refractivity contribution in [3.05, 3.63) is 89.5 Å². The van der Waals surface area contributed by atoms with Crippen LogP contribution in [0.4, 0.5) is 5.69 Å². The zero-order valence-corrected chi connectivity index (χ0v) is 29.4. The molecular weight excluding hydrogens is 630 g/mol. The summed E-state index contributed by atoms with van der Waals surface area (Å²) < 4.78 is 40.9. The lowest BCUT2D eigenvalue weighted by molar-refractivity contribution is -0.115. The van der Waals surface area contributed by atoms with Gasteiger partial charge < -0.3 is 24.8 Å². The van der Waals surface area contributed by atoms with E-state index in [1.165, 1.54) is 4.31 Å². The maximum atomic E-state index is 14.4. The molecule has 0 aliphatic carbocycles. The highest BCUT2D eigenvalue weighted by Crippen LogP contribution is 2.29. The Kier molecular flexibility index (Phi) is 13.2. The van der Waals surface area contributed by atoms with Gasteiger partial charge in [0.05, 0.1) is 41.7 Å². The third kappa shape index (κ3) is 9.88. The van der Waals surface area contributed by atoms with Crippen LogP contribution in [0.15, 0.2) is 77.7 Å². The van der Waals surface area contributed by atoms with E-state index in [9.17, 15) is 23.1 Å². The standard InChI is InChI=1S/C37H49N3O7S/c1-26-14-17-32(18-15-26)48(44,45)39(5)24-35-27(2)23-40(28(3)25-41)37(43)33-22-31(38-36(42)21-30-12-7-6-8-13-30)16-19-34(33)47-29(4)11-9-10-20-46-35/h6-8,12-19,22,27-29,35,41H,9-11,20-21,23-25H2,1-5H3,(H,38,42)/t27-,28-,29+,35-/m1/s1. The topological polar surface area (TPSA) is 125 Å². The molecule has 48 heavy (non-hydrogen) atoms. The maximum absolute atomic E-state index is 14.4. The number of aliphatic hydroxyl groups excluding tert-OH is 1. The molecule has 3 aromatic carbocycles. The minimum absolute atomic E-state index is 0.0839. The highest BCUT2D eigenvalue weighted by Gasteiger charge is 2.32. The molecule has 0 fully saturated rings. The van der Waals surface area contributed by atoms with Gasteiger partial charge in [0, 0.05) is 38.3 Å². The fourth-order valence-electron chi connectivity index (χ4n) is 5.69. The number of sulfonamides is 1. The molecule has 0 unspecified atom stereocenters. The van der Waals surface area contributed by atoms with Gasteiger partial charge in [0.2, 0.25) is 15.9 Å². The van der Waals surface area contributed by atoms with Crippen molar-refractivity contribution in [1.82, 2.24) is 9.21 Å². The maximum Gasteiger partial charge on any atom is 0.258 e. The predicted octanol–water partition coefficient (Wildman–Crippen LogP) is 5.29. The Morgan fingerprint density at radius 3 is 2.46 bits per heavy atom. The molecule has 2 amide bonds. The van der Waals surface area contributed by atoms with Crippen molar-refractivity contribution >= 4 is 27.5 Å². The van der Waals surface area contributed by atoms with Crippen LogP contribution in [0.5, 0.6) is 5.75 Å². The van der Waals surface area contributed by atoms with Gasteiger partial charge in [0.15, 0.2) is 0 Å². The number of hydrogen-bond acceptors (Lipinski definition) is 7. The number of carbonyl (C=O) groups excluding carboxylic acids is 2. The smallest absolute Gasteiger partial charge is 0.258 e. The molecule has 4 rings (SSSR count). The first-order valence-electron chi connectivity index (χ1n) is 16.6. The van der Waals surface area contributed by atoms with Gasteiger partial charge in [-0.25, -0.2) is 8.42 Å². The van der Waals surface area contributed by atoms with E-state index in [1.54, 1.807) is 61.3 Å². The second kappa shape index (κ2) is 17.1. The van der Waals surface area contributed by atoms with E-state index in [2.05, 4.69) is 5.32 Å². The van der Waals surface area contributed by atoms with Crippen LogP contribution in [-0.4, -0.2) is 86.1 Å². The number of rotatable bonds is 9. The molecule has 10 nitrogen and oxygen atoms in total. The van der Waals surface area contributed by atoms with E-state index in [0.717, 1.165) is 24.0 Å². The van der Waals surface area contributed by atoms with Crippen LogP contribution in [-0.2, 0) is 26.0 Å². The summed E-state index contributed by atoms with van der Waals surface area (Å²) in [6.07, 6.45) is 1.72. The SMILES string of the molecule is Cc1ccc(S(=O)(=O)N(C)C[C@H]2OCCCC[C@H](C)Oc3ccc(NC(=O)Cc4ccccc4)cc3C(=O)N([C@H](C)CO)C[C@H]2C)cc1. The number of nitrogens with zero attached hydrogens (tertiary/aromatic N) is 2. The second-order valence-electron chi connectivity index (χ2n) is 12.8. The zero-order valence-electron chi connectivity index (χ0n) is 28.6. The highest BCUT2D eigenvalue weighted by molar-refractivity contribution is 7.89. The summed E-state index contributed by atoms with van der Waals surface area (Å²) in [5.74, 6) is -0.507. The molecule has 1 heterocycles. The number of amides is 2. The molecule has 2 N–H and O–H groups in total. The van der Waals surface area contributed by atoms with Crippen LogP contribution < -0.4 is 10.1 Å². The Hall–Kier alpha value is -3.77. The van der Waals surface area contributed by atoms with Gasteiger partial charge in [0.25, 0.3) is 5.91 Å². The summed E-state index contributed by atoms with van der Waals surface area (Å²) in [6.45, 7) is 7.93. The first-order valence-corrected chi connectivity index (χ1v) is 18.0. The van der Waals surface area contributed by atoms with E-state index in [-0.39, 0.29) is 60.4 Å². The number of nitrogens with one attached hydrogen (secondary N) is 1. The quantitative estimate of drug-likeness (QED) is 0.315. The van der Waals surface area contributed by atoms with Gasteiger partial charge in [-0.1, -0.05) is 55.0 Å². The minimum atomic E-state index is -3.79. The van der Waals surface area contributed by atoms with E-state index in [0.29, 0.717) is 24.5 Å². The van der Waals surface area contributed by atoms with Gasteiger partial charge in [0.1, 0.15) is 5.75 Å². The van der Waals surface area contributed by atoms with Gasteiger partial charge in [-0.3, -0.25) is 9.59 Å². The Morgan fingerprint density at radius 2 is 1.77 bits per heavy atom. The summed E-state index contributed by atoms with van der Waals surface area (Å²) in [5.41, 5.74) is 2.55. The molecule has 3 aromatic rings. The third-order valence-corrected chi connectivity index (χ3v) is 10.5. The Labute approximate surface area is 285 Å². The Bertz CT molecular complexity index is 1620. The van der Waals surface area contributed by atoms with Crippen LogP contribution in [0.25, 0.3) is 0 Å².